The molecule has 0 aliphatic rings. The summed E-state index contributed by atoms with van der Waals surface area (Å²) in [6, 6.07) is 7.27. The molecule has 0 aliphatic heterocycles. The first-order valence-corrected chi connectivity index (χ1v) is 4.57. The molecule has 1 rings (SSSR count). The lowest BCUT2D eigenvalue weighted by Gasteiger charge is -2.11. The van der Waals surface area contributed by atoms with Gasteiger partial charge >= 0.3 is 0 Å². The molecule has 5 N–H and O–H groups in total. The first kappa shape index (κ1) is 11.0. The summed E-state index contributed by atoms with van der Waals surface area (Å²) in [6.45, 7) is 0.706. The molecular weight excluding hydrogens is 180 g/mol. The van der Waals surface area contributed by atoms with Crippen molar-refractivity contribution in [2.75, 3.05) is 19.8 Å². The van der Waals surface area contributed by atoms with Crippen molar-refractivity contribution in [3.05, 3.63) is 29.8 Å². The van der Waals surface area contributed by atoms with Gasteiger partial charge in [0.15, 0.2) is 0 Å². The van der Waals surface area contributed by atoms with Crippen LogP contribution >= 0.6 is 0 Å². The van der Waals surface area contributed by atoms with Crippen molar-refractivity contribution in [1.82, 2.24) is 0 Å². The van der Waals surface area contributed by atoms with E-state index in [2.05, 4.69) is 0 Å². The van der Waals surface area contributed by atoms with E-state index in [1.807, 2.05) is 24.3 Å². The number of aliphatic hydroxyl groups is 1. The molecule has 0 amide bonds. The van der Waals surface area contributed by atoms with Crippen LogP contribution in [-0.2, 0) is 0 Å². The molecule has 0 saturated heterocycles. The Balaban J connectivity index is 2.68. The van der Waals surface area contributed by atoms with Gasteiger partial charge in [0.2, 0.25) is 0 Å². The highest BCUT2D eigenvalue weighted by molar-refractivity contribution is 5.30. The second-order valence-electron chi connectivity index (χ2n) is 2.99. The van der Waals surface area contributed by atoms with E-state index in [1.165, 1.54) is 0 Å². The van der Waals surface area contributed by atoms with E-state index in [-0.39, 0.29) is 12.6 Å². The number of hydrogen-bond donors (Lipinski definition) is 3. The Morgan fingerprint density at radius 2 is 2.21 bits per heavy atom. The standard InChI is InChI=1S/C10H16N2O2/c11-7-10(12)8-2-1-3-9(6-8)14-5-4-13/h1-3,6,10,13H,4-5,7,11-12H2. The van der Waals surface area contributed by atoms with E-state index >= 15 is 0 Å². The van der Waals surface area contributed by atoms with Crippen LogP contribution in [0.3, 0.4) is 0 Å². The van der Waals surface area contributed by atoms with Gasteiger partial charge in [-0.2, -0.15) is 0 Å². The third kappa shape index (κ3) is 2.99. The summed E-state index contributed by atoms with van der Waals surface area (Å²) in [5.74, 6) is 0.709. The summed E-state index contributed by atoms with van der Waals surface area (Å²) < 4.78 is 5.24. The van der Waals surface area contributed by atoms with Crippen molar-refractivity contribution in [3.8, 4) is 5.75 Å². The maximum Gasteiger partial charge on any atom is 0.119 e. The van der Waals surface area contributed by atoms with Gasteiger partial charge in [0, 0.05) is 12.6 Å². The van der Waals surface area contributed by atoms with Gasteiger partial charge in [0.1, 0.15) is 12.4 Å². The Kier molecular flexibility index (Phi) is 4.39. The highest BCUT2D eigenvalue weighted by Crippen LogP contribution is 2.17. The Bertz CT molecular complexity index is 279. The molecule has 0 radical (unpaired) electrons. The fourth-order valence-electron chi connectivity index (χ4n) is 1.13. The van der Waals surface area contributed by atoms with Gasteiger partial charge in [-0.15, -0.1) is 0 Å². The molecule has 4 heteroatoms. The maximum atomic E-state index is 8.58. The van der Waals surface area contributed by atoms with Crippen molar-refractivity contribution in [3.63, 3.8) is 0 Å². The molecule has 0 saturated carbocycles. The molecule has 0 aliphatic carbocycles. The van der Waals surface area contributed by atoms with Gasteiger partial charge in [-0.3, -0.25) is 0 Å². The molecule has 4 nitrogen and oxygen atoms in total. The van der Waals surface area contributed by atoms with Gasteiger partial charge in [0.25, 0.3) is 0 Å². The number of hydrogen-bond acceptors (Lipinski definition) is 4. The van der Waals surface area contributed by atoms with Crippen LogP contribution in [-0.4, -0.2) is 24.9 Å². The first-order valence-electron chi connectivity index (χ1n) is 4.57. The Morgan fingerprint density at radius 3 is 2.86 bits per heavy atom. The second kappa shape index (κ2) is 5.59. The van der Waals surface area contributed by atoms with Crippen molar-refractivity contribution >= 4 is 0 Å². The minimum Gasteiger partial charge on any atom is -0.491 e. The van der Waals surface area contributed by atoms with Crippen LogP contribution in [0.25, 0.3) is 0 Å². The van der Waals surface area contributed by atoms with Crippen molar-refractivity contribution in [2.24, 2.45) is 11.5 Å². The lowest BCUT2D eigenvalue weighted by Crippen LogP contribution is -2.20. The minimum absolute atomic E-state index is 0.00711. The van der Waals surface area contributed by atoms with Crippen molar-refractivity contribution < 1.29 is 9.84 Å². The third-order valence-corrected chi connectivity index (χ3v) is 1.90. The largest absolute Gasteiger partial charge is 0.491 e. The Morgan fingerprint density at radius 1 is 1.43 bits per heavy atom. The van der Waals surface area contributed by atoms with E-state index in [0.717, 1.165) is 5.56 Å². The summed E-state index contributed by atoms with van der Waals surface area (Å²) in [7, 11) is 0. The van der Waals surface area contributed by atoms with E-state index in [9.17, 15) is 0 Å². The van der Waals surface area contributed by atoms with Gasteiger partial charge in [-0.25, -0.2) is 0 Å². The lowest BCUT2D eigenvalue weighted by molar-refractivity contribution is 0.201. The van der Waals surface area contributed by atoms with Crippen LogP contribution in [0.4, 0.5) is 0 Å². The van der Waals surface area contributed by atoms with Gasteiger partial charge < -0.3 is 21.3 Å². The topological polar surface area (TPSA) is 81.5 Å². The fourth-order valence-corrected chi connectivity index (χ4v) is 1.13. The van der Waals surface area contributed by atoms with E-state index in [0.29, 0.717) is 18.9 Å². The number of ether oxygens (including phenoxy) is 1. The first-order chi connectivity index (χ1) is 6.77. The van der Waals surface area contributed by atoms with Gasteiger partial charge in [0.05, 0.1) is 6.61 Å². The van der Waals surface area contributed by atoms with Gasteiger partial charge in [-0.05, 0) is 17.7 Å². The molecule has 14 heavy (non-hydrogen) atoms. The molecule has 1 unspecified atom stereocenters. The Hall–Kier alpha value is -1.10. The molecular formula is C10H16N2O2. The quantitative estimate of drug-likeness (QED) is 0.620. The smallest absolute Gasteiger partial charge is 0.119 e. The SMILES string of the molecule is NCC(N)c1cccc(OCCO)c1. The van der Waals surface area contributed by atoms with Crippen LogP contribution in [0.1, 0.15) is 11.6 Å². The minimum atomic E-state index is -0.160. The summed E-state index contributed by atoms with van der Waals surface area (Å²) in [4.78, 5) is 0. The summed E-state index contributed by atoms with van der Waals surface area (Å²) in [5, 5.41) is 8.58. The fraction of sp³-hybridized carbons (Fsp3) is 0.400. The Labute approximate surface area is 83.5 Å². The van der Waals surface area contributed by atoms with E-state index in [4.69, 9.17) is 21.3 Å². The molecule has 0 heterocycles. The highest BCUT2D eigenvalue weighted by atomic mass is 16.5. The highest BCUT2D eigenvalue weighted by Gasteiger charge is 2.04. The van der Waals surface area contributed by atoms with E-state index in [1.54, 1.807) is 0 Å². The zero-order chi connectivity index (χ0) is 10.4. The predicted octanol–water partition coefficient (Wildman–Crippen LogP) is 0.0162. The zero-order valence-corrected chi connectivity index (χ0v) is 8.02. The number of aliphatic hydroxyl groups excluding tert-OH is 1. The van der Waals surface area contributed by atoms with E-state index < -0.39 is 0 Å². The van der Waals surface area contributed by atoms with Crippen molar-refractivity contribution in [2.45, 2.75) is 6.04 Å². The maximum absolute atomic E-state index is 8.58. The van der Waals surface area contributed by atoms with Crippen LogP contribution in [0.2, 0.25) is 0 Å². The monoisotopic (exact) mass is 196 g/mol. The average molecular weight is 196 g/mol. The third-order valence-electron chi connectivity index (χ3n) is 1.90. The molecule has 1 aromatic carbocycles. The average Bonchev–Trinajstić information content (AvgIpc) is 2.25. The van der Waals surface area contributed by atoms with Gasteiger partial charge in [-0.1, -0.05) is 12.1 Å². The molecule has 0 bridgehead atoms. The summed E-state index contributed by atoms with van der Waals surface area (Å²) in [6.07, 6.45) is 0. The molecule has 1 aromatic rings. The predicted molar refractivity (Wildman–Crippen MR) is 55.0 cm³/mol. The normalized spacial score (nSPS) is 12.5. The molecule has 0 aromatic heterocycles. The molecule has 0 fully saturated rings. The zero-order valence-electron chi connectivity index (χ0n) is 8.02. The number of nitrogens with two attached hydrogens (primary N) is 2. The lowest BCUT2D eigenvalue weighted by atomic mass is 10.1. The van der Waals surface area contributed by atoms with Crippen LogP contribution in [0.5, 0.6) is 5.75 Å². The second-order valence-corrected chi connectivity index (χ2v) is 2.99. The number of benzene rings is 1. The van der Waals surface area contributed by atoms with Crippen LogP contribution in [0, 0.1) is 0 Å². The molecule has 78 valence electrons. The molecule has 0 spiro atoms. The summed E-state index contributed by atoms with van der Waals surface area (Å²) >= 11 is 0. The van der Waals surface area contributed by atoms with Crippen molar-refractivity contribution in [1.29, 1.82) is 0 Å². The number of rotatable bonds is 5. The molecule has 1 atom stereocenters. The van der Waals surface area contributed by atoms with Crippen LogP contribution < -0.4 is 16.2 Å². The van der Waals surface area contributed by atoms with Crippen LogP contribution in [0.15, 0.2) is 24.3 Å². The summed E-state index contributed by atoms with van der Waals surface area (Å²) in [5.41, 5.74) is 12.2.